The molecule has 1 heterocycles. The van der Waals surface area contributed by atoms with Crippen molar-refractivity contribution in [2.24, 2.45) is 18.2 Å². The van der Waals surface area contributed by atoms with Crippen LogP contribution in [0.5, 0.6) is 0 Å². The van der Waals surface area contributed by atoms with Crippen molar-refractivity contribution in [1.82, 2.24) is 15.1 Å². The topological polar surface area (TPSA) is 72.9 Å². The highest BCUT2D eigenvalue weighted by molar-refractivity contribution is 5.82. The molecule has 0 aliphatic carbocycles. The van der Waals surface area contributed by atoms with Gasteiger partial charge in [-0.2, -0.15) is 5.10 Å². The van der Waals surface area contributed by atoms with E-state index < -0.39 is 5.41 Å². The number of carbonyl (C=O) groups is 1. The predicted molar refractivity (Wildman–Crippen MR) is 67.4 cm³/mol. The summed E-state index contributed by atoms with van der Waals surface area (Å²) in [5.41, 5.74) is 6.16. The standard InChI is InChI=1S/C12H22N4O/c1-4-12(2,9-13)11(17)14-7-5-10-6-8-16(3)15-10/h6,8H,4-5,7,9,13H2,1-3H3,(H,14,17). The maximum atomic E-state index is 11.9. The average molecular weight is 238 g/mol. The monoisotopic (exact) mass is 238 g/mol. The van der Waals surface area contributed by atoms with Gasteiger partial charge in [0.25, 0.3) is 0 Å². The number of nitrogens with zero attached hydrogens (tertiary/aromatic N) is 2. The summed E-state index contributed by atoms with van der Waals surface area (Å²) in [5, 5.41) is 7.17. The molecule has 1 amide bonds. The zero-order valence-electron chi connectivity index (χ0n) is 10.9. The van der Waals surface area contributed by atoms with Crippen LogP contribution < -0.4 is 11.1 Å². The van der Waals surface area contributed by atoms with Gasteiger partial charge in [0.15, 0.2) is 0 Å². The first-order valence-corrected chi connectivity index (χ1v) is 5.98. The molecule has 1 atom stereocenters. The van der Waals surface area contributed by atoms with Gasteiger partial charge >= 0.3 is 0 Å². The average Bonchev–Trinajstić information content (AvgIpc) is 2.74. The summed E-state index contributed by atoms with van der Waals surface area (Å²) in [4.78, 5) is 11.9. The molecule has 0 aliphatic rings. The number of hydrogen-bond donors (Lipinski definition) is 2. The molecule has 0 bridgehead atoms. The van der Waals surface area contributed by atoms with Gasteiger partial charge in [-0.05, 0) is 19.4 Å². The van der Waals surface area contributed by atoms with E-state index in [9.17, 15) is 4.79 Å². The van der Waals surface area contributed by atoms with Gasteiger partial charge in [-0.15, -0.1) is 0 Å². The minimum absolute atomic E-state index is 0.0263. The first kappa shape index (κ1) is 13.7. The molecular weight excluding hydrogens is 216 g/mol. The lowest BCUT2D eigenvalue weighted by Gasteiger charge is -2.24. The summed E-state index contributed by atoms with van der Waals surface area (Å²) in [6.45, 7) is 4.85. The van der Waals surface area contributed by atoms with E-state index in [1.165, 1.54) is 0 Å². The summed E-state index contributed by atoms with van der Waals surface area (Å²) < 4.78 is 1.76. The fraction of sp³-hybridized carbons (Fsp3) is 0.667. The molecule has 0 aromatic carbocycles. The number of carbonyl (C=O) groups excluding carboxylic acids is 1. The lowest BCUT2D eigenvalue weighted by atomic mass is 9.86. The van der Waals surface area contributed by atoms with Crippen molar-refractivity contribution in [2.75, 3.05) is 13.1 Å². The second-order valence-corrected chi connectivity index (χ2v) is 4.60. The summed E-state index contributed by atoms with van der Waals surface area (Å²) >= 11 is 0. The Morgan fingerprint density at radius 2 is 2.35 bits per heavy atom. The van der Waals surface area contributed by atoms with Crippen molar-refractivity contribution in [3.05, 3.63) is 18.0 Å². The number of amides is 1. The fourth-order valence-electron chi connectivity index (χ4n) is 1.51. The van der Waals surface area contributed by atoms with Gasteiger partial charge in [-0.25, -0.2) is 0 Å². The predicted octanol–water partition coefficient (Wildman–Crippen LogP) is 0.454. The zero-order chi connectivity index (χ0) is 12.9. The van der Waals surface area contributed by atoms with Crippen LogP contribution in [0.25, 0.3) is 0 Å². The second kappa shape index (κ2) is 5.82. The third kappa shape index (κ3) is 3.56. The van der Waals surface area contributed by atoms with Crippen LogP contribution in [0.4, 0.5) is 0 Å². The normalized spacial score (nSPS) is 14.4. The maximum Gasteiger partial charge on any atom is 0.227 e. The molecule has 0 fully saturated rings. The lowest BCUT2D eigenvalue weighted by Crippen LogP contribution is -2.44. The number of aromatic nitrogens is 2. The molecule has 0 saturated carbocycles. The highest BCUT2D eigenvalue weighted by Crippen LogP contribution is 2.18. The van der Waals surface area contributed by atoms with Crippen molar-refractivity contribution in [1.29, 1.82) is 0 Å². The Bertz CT molecular complexity index is 368. The molecule has 3 N–H and O–H groups in total. The minimum atomic E-state index is -0.454. The van der Waals surface area contributed by atoms with E-state index in [1.807, 2.05) is 33.2 Å². The van der Waals surface area contributed by atoms with Crippen molar-refractivity contribution in [3.63, 3.8) is 0 Å². The first-order chi connectivity index (χ1) is 8.01. The fourth-order valence-corrected chi connectivity index (χ4v) is 1.51. The number of rotatable bonds is 6. The van der Waals surface area contributed by atoms with Crippen molar-refractivity contribution in [3.8, 4) is 0 Å². The molecule has 1 aromatic rings. The quantitative estimate of drug-likeness (QED) is 0.756. The molecule has 5 heteroatoms. The Morgan fingerprint density at radius 1 is 1.65 bits per heavy atom. The van der Waals surface area contributed by atoms with Gasteiger partial charge in [0.05, 0.1) is 11.1 Å². The van der Waals surface area contributed by atoms with Gasteiger partial charge in [0.2, 0.25) is 5.91 Å². The maximum absolute atomic E-state index is 11.9. The Balaban J connectivity index is 2.38. The Labute approximate surface area is 102 Å². The highest BCUT2D eigenvalue weighted by atomic mass is 16.2. The molecule has 96 valence electrons. The van der Waals surface area contributed by atoms with E-state index in [2.05, 4.69) is 10.4 Å². The van der Waals surface area contributed by atoms with Crippen molar-refractivity contribution < 1.29 is 4.79 Å². The highest BCUT2D eigenvalue weighted by Gasteiger charge is 2.28. The molecule has 5 nitrogen and oxygen atoms in total. The third-order valence-corrected chi connectivity index (χ3v) is 3.21. The molecule has 0 saturated heterocycles. The molecule has 0 spiro atoms. The molecular formula is C12H22N4O. The van der Waals surface area contributed by atoms with Gasteiger partial charge in [0.1, 0.15) is 0 Å². The van der Waals surface area contributed by atoms with Gasteiger partial charge in [0, 0.05) is 32.8 Å². The van der Waals surface area contributed by atoms with Crippen LogP contribution in [0, 0.1) is 5.41 Å². The number of nitrogens with two attached hydrogens (primary N) is 1. The van der Waals surface area contributed by atoms with Gasteiger partial charge < -0.3 is 11.1 Å². The smallest absolute Gasteiger partial charge is 0.227 e. The Kier molecular flexibility index (Phi) is 4.69. The third-order valence-electron chi connectivity index (χ3n) is 3.21. The molecule has 1 aromatic heterocycles. The van der Waals surface area contributed by atoms with Gasteiger partial charge in [-0.3, -0.25) is 9.48 Å². The van der Waals surface area contributed by atoms with Crippen LogP contribution in [0.1, 0.15) is 26.0 Å². The Morgan fingerprint density at radius 3 is 2.82 bits per heavy atom. The molecule has 1 rings (SSSR count). The number of nitrogens with one attached hydrogen (secondary N) is 1. The number of hydrogen-bond acceptors (Lipinski definition) is 3. The van der Waals surface area contributed by atoms with Crippen LogP contribution in [0.2, 0.25) is 0 Å². The second-order valence-electron chi connectivity index (χ2n) is 4.60. The van der Waals surface area contributed by atoms with Crippen LogP contribution in [0.3, 0.4) is 0 Å². The van der Waals surface area contributed by atoms with Crippen LogP contribution in [-0.4, -0.2) is 28.8 Å². The van der Waals surface area contributed by atoms with E-state index in [0.717, 1.165) is 18.5 Å². The van der Waals surface area contributed by atoms with E-state index in [4.69, 9.17) is 5.73 Å². The molecule has 0 aliphatic heterocycles. The molecule has 1 unspecified atom stereocenters. The summed E-state index contributed by atoms with van der Waals surface area (Å²) in [6.07, 6.45) is 3.39. The summed E-state index contributed by atoms with van der Waals surface area (Å²) in [5.74, 6) is 0.0263. The van der Waals surface area contributed by atoms with E-state index in [1.54, 1.807) is 4.68 Å². The van der Waals surface area contributed by atoms with E-state index in [0.29, 0.717) is 13.1 Å². The van der Waals surface area contributed by atoms with Crippen molar-refractivity contribution in [2.45, 2.75) is 26.7 Å². The van der Waals surface area contributed by atoms with Crippen LogP contribution in [0.15, 0.2) is 12.3 Å². The minimum Gasteiger partial charge on any atom is -0.355 e. The van der Waals surface area contributed by atoms with E-state index in [-0.39, 0.29) is 5.91 Å². The number of aryl methyl sites for hydroxylation is 1. The van der Waals surface area contributed by atoms with Crippen LogP contribution in [-0.2, 0) is 18.3 Å². The zero-order valence-corrected chi connectivity index (χ0v) is 10.9. The Hall–Kier alpha value is -1.36. The molecule has 17 heavy (non-hydrogen) atoms. The van der Waals surface area contributed by atoms with Crippen molar-refractivity contribution >= 4 is 5.91 Å². The SMILES string of the molecule is CCC(C)(CN)C(=O)NCCc1ccn(C)n1. The summed E-state index contributed by atoms with van der Waals surface area (Å²) in [6, 6.07) is 1.95. The van der Waals surface area contributed by atoms with E-state index >= 15 is 0 Å². The van der Waals surface area contributed by atoms with Crippen LogP contribution >= 0.6 is 0 Å². The lowest BCUT2D eigenvalue weighted by molar-refractivity contribution is -0.129. The largest absolute Gasteiger partial charge is 0.355 e. The molecule has 0 radical (unpaired) electrons. The summed E-state index contributed by atoms with van der Waals surface area (Å²) in [7, 11) is 1.88. The first-order valence-electron chi connectivity index (χ1n) is 5.98. The van der Waals surface area contributed by atoms with Gasteiger partial charge in [-0.1, -0.05) is 6.92 Å².